The Labute approximate surface area is 170 Å². The van der Waals surface area contributed by atoms with Crippen molar-refractivity contribution >= 4 is 5.69 Å². The Hall–Kier alpha value is -1.79. The van der Waals surface area contributed by atoms with Crippen LogP contribution in [-0.2, 0) is 6.18 Å². The van der Waals surface area contributed by atoms with Crippen LogP contribution in [0.15, 0.2) is 42.5 Å². The fourth-order valence-corrected chi connectivity index (χ4v) is 5.58. The average Bonchev–Trinajstić information content (AvgIpc) is 3.16. The van der Waals surface area contributed by atoms with E-state index in [2.05, 4.69) is 41.4 Å². The standard InChI is InChI=1S/C23H29F3N2O/c1-2-28(10-11-29)17-13-18-19-12-16(23(24,25)26)8-9-21(19)27-22(20(18)14-17)15-6-4-3-5-7-15/h3-6,8-9,12,15,17-18,20,22,27,29H,2,7,10-11,13-14H2,1H3/t15?,17-,18?,20+,22-/m0/s1. The van der Waals surface area contributed by atoms with Crippen LogP contribution in [0.1, 0.15) is 43.2 Å². The van der Waals surface area contributed by atoms with Crippen LogP contribution in [0.2, 0.25) is 0 Å². The van der Waals surface area contributed by atoms with Crippen LogP contribution < -0.4 is 5.32 Å². The lowest BCUT2D eigenvalue weighted by Crippen LogP contribution is -2.41. The van der Waals surface area contributed by atoms with Gasteiger partial charge in [-0.1, -0.05) is 31.2 Å². The highest BCUT2D eigenvalue weighted by Crippen LogP contribution is 2.52. The molecule has 4 rings (SSSR count). The zero-order valence-corrected chi connectivity index (χ0v) is 16.7. The molecular weight excluding hydrogens is 377 g/mol. The highest BCUT2D eigenvalue weighted by molar-refractivity contribution is 5.59. The van der Waals surface area contributed by atoms with E-state index in [-0.39, 0.29) is 30.5 Å². The van der Waals surface area contributed by atoms with Gasteiger partial charge in [0.2, 0.25) is 0 Å². The van der Waals surface area contributed by atoms with E-state index in [1.165, 1.54) is 12.1 Å². The summed E-state index contributed by atoms with van der Waals surface area (Å²) in [5.41, 5.74) is 1.08. The number of rotatable bonds is 5. The Balaban J connectivity index is 1.69. The second-order valence-electron chi connectivity index (χ2n) is 8.43. The molecule has 2 unspecified atom stereocenters. The van der Waals surface area contributed by atoms with Gasteiger partial charge in [-0.2, -0.15) is 13.2 Å². The molecule has 0 radical (unpaired) electrons. The largest absolute Gasteiger partial charge is 0.416 e. The predicted molar refractivity (Wildman–Crippen MR) is 109 cm³/mol. The number of hydrogen-bond donors (Lipinski definition) is 2. The number of aliphatic hydroxyl groups is 1. The van der Waals surface area contributed by atoms with Crippen molar-refractivity contribution in [1.29, 1.82) is 0 Å². The molecule has 5 atom stereocenters. The number of halogens is 3. The number of nitrogens with zero attached hydrogens (tertiary/aromatic N) is 1. The first-order valence-electron chi connectivity index (χ1n) is 10.6. The highest BCUT2D eigenvalue weighted by atomic mass is 19.4. The zero-order chi connectivity index (χ0) is 20.6. The SMILES string of the molecule is CCN(CCO)[C@H]1CC2c3cc(C(F)(F)F)ccc3N[C@@H](C3C=CC=CC3)[C@@H]2C1. The lowest BCUT2D eigenvalue weighted by molar-refractivity contribution is -0.137. The fourth-order valence-electron chi connectivity index (χ4n) is 5.58. The topological polar surface area (TPSA) is 35.5 Å². The molecule has 6 heteroatoms. The van der Waals surface area contributed by atoms with E-state index in [4.69, 9.17) is 0 Å². The van der Waals surface area contributed by atoms with Gasteiger partial charge in [0, 0.05) is 30.2 Å². The number of allylic oxidation sites excluding steroid dienone is 3. The van der Waals surface area contributed by atoms with E-state index in [0.717, 1.165) is 37.1 Å². The third kappa shape index (κ3) is 3.97. The second kappa shape index (κ2) is 8.15. The minimum absolute atomic E-state index is 0.103. The summed E-state index contributed by atoms with van der Waals surface area (Å²) in [7, 11) is 0. The lowest BCUT2D eigenvalue weighted by Gasteiger charge is -2.41. The summed E-state index contributed by atoms with van der Waals surface area (Å²) in [6.45, 7) is 3.63. The second-order valence-corrected chi connectivity index (χ2v) is 8.43. The van der Waals surface area contributed by atoms with Crippen LogP contribution in [0.4, 0.5) is 18.9 Å². The number of likely N-dealkylation sites (N-methyl/N-ethyl adjacent to an activating group) is 1. The molecule has 2 aliphatic carbocycles. The minimum atomic E-state index is -4.33. The molecule has 0 aromatic heterocycles. The molecule has 29 heavy (non-hydrogen) atoms. The molecule has 0 spiro atoms. The van der Waals surface area contributed by atoms with Crippen LogP contribution in [0.5, 0.6) is 0 Å². The summed E-state index contributed by atoms with van der Waals surface area (Å²) < 4.78 is 40.1. The maximum Gasteiger partial charge on any atom is 0.416 e. The number of benzene rings is 1. The maximum atomic E-state index is 13.4. The van der Waals surface area contributed by atoms with Crippen LogP contribution in [0.25, 0.3) is 0 Å². The van der Waals surface area contributed by atoms with Crippen molar-refractivity contribution in [3.05, 3.63) is 53.6 Å². The summed E-state index contributed by atoms with van der Waals surface area (Å²) in [6.07, 6.45) is 6.93. The molecule has 0 saturated heterocycles. The molecule has 3 aliphatic rings. The normalized spacial score (nSPS) is 30.9. The van der Waals surface area contributed by atoms with Crippen LogP contribution in [0, 0.1) is 11.8 Å². The molecule has 3 nitrogen and oxygen atoms in total. The smallest absolute Gasteiger partial charge is 0.395 e. The first-order valence-corrected chi connectivity index (χ1v) is 10.6. The molecule has 0 bridgehead atoms. The van der Waals surface area contributed by atoms with E-state index in [1.54, 1.807) is 6.07 Å². The van der Waals surface area contributed by atoms with Gasteiger partial charge in [0.25, 0.3) is 0 Å². The maximum absolute atomic E-state index is 13.4. The third-order valence-electron chi connectivity index (χ3n) is 6.93. The van der Waals surface area contributed by atoms with Crippen LogP contribution in [-0.4, -0.2) is 41.8 Å². The lowest BCUT2D eigenvalue weighted by atomic mass is 9.73. The molecule has 1 aliphatic heterocycles. The number of nitrogens with one attached hydrogen (secondary N) is 1. The first-order chi connectivity index (χ1) is 13.9. The first kappa shape index (κ1) is 20.5. The Morgan fingerprint density at radius 3 is 2.69 bits per heavy atom. The number of aliphatic hydroxyl groups excluding tert-OH is 1. The Morgan fingerprint density at radius 2 is 2.03 bits per heavy atom. The zero-order valence-electron chi connectivity index (χ0n) is 16.7. The number of hydrogen-bond acceptors (Lipinski definition) is 3. The summed E-state index contributed by atoms with van der Waals surface area (Å²) in [4.78, 5) is 2.28. The Morgan fingerprint density at radius 1 is 1.21 bits per heavy atom. The van der Waals surface area contributed by atoms with Gasteiger partial charge >= 0.3 is 6.18 Å². The van der Waals surface area contributed by atoms with Crippen molar-refractivity contribution in [3.8, 4) is 0 Å². The number of anilines is 1. The van der Waals surface area contributed by atoms with Crippen LogP contribution >= 0.6 is 0 Å². The van der Waals surface area contributed by atoms with E-state index in [1.807, 2.05) is 0 Å². The minimum Gasteiger partial charge on any atom is -0.395 e. The molecule has 1 heterocycles. The van der Waals surface area contributed by atoms with E-state index < -0.39 is 11.7 Å². The van der Waals surface area contributed by atoms with Crippen LogP contribution in [0.3, 0.4) is 0 Å². The summed E-state index contributed by atoms with van der Waals surface area (Å²) in [6, 6.07) is 4.66. The van der Waals surface area contributed by atoms with E-state index >= 15 is 0 Å². The number of alkyl halides is 3. The molecule has 2 N–H and O–H groups in total. The Kier molecular flexibility index (Phi) is 5.76. The van der Waals surface area contributed by atoms with Gasteiger partial charge in [0.1, 0.15) is 0 Å². The van der Waals surface area contributed by atoms with Gasteiger partial charge in [-0.25, -0.2) is 0 Å². The molecule has 1 fully saturated rings. The average molecular weight is 406 g/mol. The third-order valence-corrected chi connectivity index (χ3v) is 6.93. The Bertz CT molecular complexity index is 789. The van der Waals surface area contributed by atoms with Crippen molar-refractivity contribution < 1.29 is 18.3 Å². The van der Waals surface area contributed by atoms with Gasteiger partial charge in [0.05, 0.1) is 12.2 Å². The van der Waals surface area contributed by atoms with Gasteiger partial charge in [-0.3, -0.25) is 4.90 Å². The summed E-state index contributed by atoms with van der Waals surface area (Å²) in [5.74, 6) is 0.732. The monoisotopic (exact) mass is 406 g/mol. The molecule has 1 aromatic rings. The van der Waals surface area contributed by atoms with Crippen molar-refractivity contribution in [2.45, 2.75) is 50.4 Å². The van der Waals surface area contributed by atoms with Crippen molar-refractivity contribution in [1.82, 2.24) is 4.90 Å². The summed E-state index contributed by atoms with van der Waals surface area (Å²) in [5, 5.41) is 13.0. The summed E-state index contributed by atoms with van der Waals surface area (Å²) >= 11 is 0. The molecule has 1 aromatic carbocycles. The molecular formula is C23H29F3N2O. The fraction of sp³-hybridized carbons (Fsp3) is 0.565. The van der Waals surface area contributed by atoms with Crippen molar-refractivity contribution in [3.63, 3.8) is 0 Å². The van der Waals surface area contributed by atoms with Gasteiger partial charge in [-0.05, 0) is 61.4 Å². The van der Waals surface area contributed by atoms with Gasteiger partial charge in [-0.15, -0.1) is 0 Å². The quantitative estimate of drug-likeness (QED) is 0.737. The van der Waals surface area contributed by atoms with Crippen molar-refractivity contribution in [2.75, 3.05) is 25.0 Å². The van der Waals surface area contributed by atoms with Crippen molar-refractivity contribution in [2.24, 2.45) is 11.8 Å². The molecule has 158 valence electrons. The predicted octanol–water partition coefficient (Wildman–Crippen LogP) is 4.81. The van der Waals surface area contributed by atoms with E-state index in [0.29, 0.717) is 12.5 Å². The number of fused-ring (bicyclic) bond motifs is 3. The van der Waals surface area contributed by atoms with Gasteiger partial charge < -0.3 is 10.4 Å². The van der Waals surface area contributed by atoms with Gasteiger partial charge in [0.15, 0.2) is 0 Å². The highest BCUT2D eigenvalue weighted by Gasteiger charge is 2.47. The molecule has 1 saturated carbocycles. The molecule has 0 amide bonds. The van der Waals surface area contributed by atoms with E-state index in [9.17, 15) is 18.3 Å².